The number of imide groups is 1. The van der Waals surface area contributed by atoms with E-state index in [4.69, 9.17) is 0 Å². The maximum atomic E-state index is 12.6. The summed E-state index contributed by atoms with van der Waals surface area (Å²) < 4.78 is 0. The molecule has 2 aliphatic heterocycles. The summed E-state index contributed by atoms with van der Waals surface area (Å²) in [5, 5.41) is 11.1. The van der Waals surface area contributed by atoms with E-state index in [1.807, 2.05) is 0 Å². The molecule has 132 valence electrons. The van der Waals surface area contributed by atoms with Crippen LogP contribution in [0.3, 0.4) is 0 Å². The minimum atomic E-state index is -0.779. The maximum absolute atomic E-state index is 12.6. The van der Waals surface area contributed by atoms with Crippen molar-refractivity contribution in [1.29, 1.82) is 0 Å². The molecule has 0 aliphatic carbocycles. The van der Waals surface area contributed by atoms with Crippen molar-refractivity contribution >= 4 is 23.4 Å². The number of fused-ring (bicyclic) bond motifs is 1. The van der Waals surface area contributed by atoms with Crippen molar-refractivity contribution in [2.45, 2.75) is 20.3 Å². The van der Waals surface area contributed by atoms with Gasteiger partial charge in [-0.25, -0.2) is 0 Å². The van der Waals surface area contributed by atoms with Crippen LogP contribution >= 0.6 is 0 Å². The van der Waals surface area contributed by atoms with Crippen molar-refractivity contribution in [2.75, 3.05) is 19.6 Å². The molecular weight excluding hydrogens is 326 g/mol. The van der Waals surface area contributed by atoms with Gasteiger partial charge in [-0.05, 0) is 24.3 Å². The van der Waals surface area contributed by atoms with Gasteiger partial charge in [0.15, 0.2) is 0 Å². The second-order valence-electron chi connectivity index (χ2n) is 6.90. The summed E-state index contributed by atoms with van der Waals surface area (Å²) in [6.45, 7) is 4.91. The highest BCUT2D eigenvalue weighted by molar-refractivity contribution is 6.24. The second kappa shape index (κ2) is 6.27. The van der Waals surface area contributed by atoms with Crippen molar-refractivity contribution in [3.8, 4) is 0 Å². The van der Waals surface area contributed by atoms with Gasteiger partial charge in [0.05, 0.1) is 10.5 Å². The number of nitrogens with zero attached hydrogens (tertiary/aromatic N) is 3. The minimum Gasteiger partial charge on any atom is -0.341 e. The molecule has 8 heteroatoms. The topological polar surface area (TPSA) is 101 Å². The largest absolute Gasteiger partial charge is 0.341 e. The lowest BCUT2D eigenvalue weighted by molar-refractivity contribution is -0.385. The standard InChI is InChI=1S/C17H19N3O5/c1-10-6-11(2)8-18(7-10)14(21)9-19-16(22)12-4-3-5-13(20(24)25)15(12)17(19)23/h3-5,10-11H,6-9H2,1-2H3/t10-,11-/m1/s1. The van der Waals surface area contributed by atoms with Crippen molar-refractivity contribution in [3.63, 3.8) is 0 Å². The molecular formula is C17H19N3O5. The van der Waals surface area contributed by atoms with Gasteiger partial charge in [0, 0.05) is 19.2 Å². The molecule has 1 fully saturated rings. The zero-order valence-electron chi connectivity index (χ0n) is 14.1. The quantitative estimate of drug-likeness (QED) is 0.471. The van der Waals surface area contributed by atoms with Crippen LogP contribution in [0.25, 0.3) is 0 Å². The smallest absolute Gasteiger partial charge is 0.282 e. The highest BCUT2D eigenvalue weighted by Gasteiger charge is 2.42. The molecule has 2 atom stereocenters. The molecule has 3 rings (SSSR count). The second-order valence-corrected chi connectivity index (χ2v) is 6.90. The molecule has 25 heavy (non-hydrogen) atoms. The summed E-state index contributed by atoms with van der Waals surface area (Å²) in [6, 6.07) is 3.92. The predicted octanol–water partition coefficient (Wildman–Crippen LogP) is 1.70. The van der Waals surface area contributed by atoms with E-state index in [-0.39, 0.29) is 23.6 Å². The Kier molecular flexibility index (Phi) is 4.28. The van der Waals surface area contributed by atoms with Crippen LogP contribution in [-0.4, -0.2) is 52.1 Å². The van der Waals surface area contributed by atoms with Gasteiger partial charge in [-0.3, -0.25) is 29.4 Å². The van der Waals surface area contributed by atoms with Crippen molar-refractivity contribution < 1.29 is 19.3 Å². The fourth-order valence-corrected chi connectivity index (χ4v) is 3.71. The monoisotopic (exact) mass is 345 g/mol. The summed E-state index contributed by atoms with van der Waals surface area (Å²) in [5.41, 5.74) is -0.663. The van der Waals surface area contributed by atoms with Crippen LogP contribution in [0, 0.1) is 22.0 Å². The summed E-state index contributed by atoms with van der Waals surface area (Å²) in [7, 11) is 0. The van der Waals surface area contributed by atoms with Gasteiger partial charge in [-0.1, -0.05) is 19.9 Å². The molecule has 0 radical (unpaired) electrons. The molecule has 0 bridgehead atoms. The van der Waals surface area contributed by atoms with Crippen LogP contribution in [-0.2, 0) is 4.79 Å². The van der Waals surface area contributed by atoms with Crippen LogP contribution < -0.4 is 0 Å². The molecule has 3 amide bonds. The first-order valence-electron chi connectivity index (χ1n) is 8.21. The molecule has 1 saturated heterocycles. The third-order valence-electron chi connectivity index (χ3n) is 4.69. The lowest BCUT2D eigenvalue weighted by Crippen LogP contribution is -2.48. The number of amides is 3. The first-order valence-corrected chi connectivity index (χ1v) is 8.21. The van der Waals surface area contributed by atoms with E-state index in [9.17, 15) is 24.5 Å². The van der Waals surface area contributed by atoms with Gasteiger partial charge >= 0.3 is 0 Å². The number of rotatable bonds is 3. The Morgan fingerprint density at radius 2 is 1.84 bits per heavy atom. The predicted molar refractivity (Wildman–Crippen MR) is 88.0 cm³/mol. The zero-order valence-corrected chi connectivity index (χ0v) is 14.1. The van der Waals surface area contributed by atoms with E-state index in [1.165, 1.54) is 18.2 Å². The maximum Gasteiger partial charge on any atom is 0.282 e. The first kappa shape index (κ1) is 17.1. The molecule has 2 aliphatic rings. The third kappa shape index (κ3) is 2.99. The average molecular weight is 345 g/mol. The summed E-state index contributed by atoms with van der Waals surface area (Å²) in [5.74, 6) is -1.03. The summed E-state index contributed by atoms with van der Waals surface area (Å²) >= 11 is 0. The Morgan fingerprint density at radius 3 is 2.44 bits per heavy atom. The molecule has 0 aromatic heterocycles. The number of carbonyl (C=O) groups is 3. The van der Waals surface area contributed by atoms with Crippen molar-refractivity contribution in [3.05, 3.63) is 39.4 Å². The van der Waals surface area contributed by atoms with Crippen molar-refractivity contribution in [1.82, 2.24) is 9.80 Å². The number of hydrogen-bond acceptors (Lipinski definition) is 5. The molecule has 2 heterocycles. The van der Waals surface area contributed by atoms with E-state index in [2.05, 4.69) is 13.8 Å². The molecule has 0 saturated carbocycles. The fraction of sp³-hybridized carbons (Fsp3) is 0.471. The SMILES string of the molecule is C[C@@H]1C[C@@H](C)CN(C(=O)CN2C(=O)c3cccc([N+](=O)[O-])c3C2=O)C1. The highest BCUT2D eigenvalue weighted by Crippen LogP contribution is 2.31. The van der Waals surface area contributed by atoms with E-state index in [0.717, 1.165) is 11.3 Å². The van der Waals surface area contributed by atoms with Gasteiger partial charge in [0.2, 0.25) is 5.91 Å². The van der Waals surface area contributed by atoms with Crippen LogP contribution in [0.15, 0.2) is 18.2 Å². The lowest BCUT2D eigenvalue weighted by Gasteiger charge is -2.35. The Morgan fingerprint density at radius 1 is 1.20 bits per heavy atom. The van der Waals surface area contributed by atoms with Gasteiger partial charge in [0.25, 0.3) is 17.5 Å². The number of piperidine rings is 1. The Hall–Kier alpha value is -2.77. The third-order valence-corrected chi connectivity index (χ3v) is 4.69. The lowest BCUT2D eigenvalue weighted by atomic mass is 9.92. The molecule has 0 spiro atoms. The molecule has 1 aromatic rings. The van der Waals surface area contributed by atoms with E-state index >= 15 is 0 Å². The van der Waals surface area contributed by atoms with E-state index < -0.39 is 22.4 Å². The Labute approximate surface area is 144 Å². The molecule has 8 nitrogen and oxygen atoms in total. The Balaban J connectivity index is 1.82. The van der Waals surface area contributed by atoms with Gasteiger partial charge < -0.3 is 4.90 Å². The molecule has 0 N–H and O–H groups in total. The average Bonchev–Trinajstić information content (AvgIpc) is 2.79. The number of carbonyl (C=O) groups excluding carboxylic acids is 3. The number of nitro benzene ring substituents is 1. The van der Waals surface area contributed by atoms with Crippen LogP contribution in [0.5, 0.6) is 0 Å². The highest BCUT2D eigenvalue weighted by atomic mass is 16.6. The van der Waals surface area contributed by atoms with Crippen molar-refractivity contribution in [2.24, 2.45) is 11.8 Å². The molecule has 1 aromatic carbocycles. The minimum absolute atomic E-state index is 0.0209. The summed E-state index contributed by atoms with van der Waals surface area (Å²) in [6.07, 6.45) is 1.03. The number of nitro groups is 1. The fourth-order valence-electron chi connectivity index (χ4n) is 3.71. The summed E-state index contributed by atoms with van der Waals surface area (Å²) in [4.78, 5) is 50.4. The van der Waals surface area contributed by atoms with E-state index in [1.54, 1.807) is 4.90 Å². The van der Waals surface area contributed by atoms with Gasteiger partial charge in [0.1, 0.15) is 12.1 Å². The van der Waals surface area contributed by atoms with Crippen LogP contribution in [0.1, 0.15) is 41.0 Å². The van der Waals surface area contributed by atoms with Gasteiger partial charge in [-0.2, -0.15) is 0 Å². The Bertz CT molecular complexity index is 766. The zero-order chi connectivity index (χ0) is 18.3. The van der Waals surface area contributed by atoms with Crippen LogP contribution in [0.2, 0.25) is 0 Å². The number of likely N-dealkylation sites (tertiary alicyclic amines) is 1. The molecule has 0 unspecified atom stereocenters. The number of benzene rings is 1. The van der Waals surface area contributed by atoms with E-state index in [0.29, 0.717) is 24.9 Å². The normalized spacial score (nSPS) is 23.0. The van der Waals surface area contributed by atoms with Gasteiger partial charge in [-0.15, -0.1) is 0 Å². The van der Waals surface area contributed by atoms with Crippen LogP contribution in [0.4, 0.5) is 5.69 Å². The first-order chi connectivity index (χ1) is 11.8. The number of hydrogen-bond donors (Lipinski definition) is 0.